The van der Waals surface area contributed by atoms with Crippen LogP contribution in [0, 0.1) is 5.82 Å². The van der Waals surface area contributed by atoms with Gasteiger partial charge in [-0.3, -0.25) is 0 Å². The summed E-state index contributed by atoms with van der Waals surface area (Å²) in [4.78, 5) is 19.5. The number of carbonyl (C=O) groups is 1. The number of hydrogen-bond acceptors (Lipinski definition) is 6. The third kappa shape index (κ3) is 4.72. The number of piperazine rings is 1. The number of anilines is 2. The van der Waals surface area contributed by atoms with E-state index in [4.69, 9.17) is 43.8 Å². The Bertz CT molecular complexity index is 1470. The van der Waals surface area contributed by atoms with Gasteiger partial charge in [0.2, 0.25) is 5.75 Å². The minimum atomic E-state index is -0.728. The van der Waals surface area contributed by atoms with E-state index in [-0.39, 0.29) is 21.6 Å². The molecule has 0 spiro atoms. The molecule has 4 N–H and O–H groups in total. The van der Waals surface area contributed by atoms with Crippen molar-refractivity contribution in [1.29, 1.82) is 0 Å². The molecule has 0 bridgehead atoms. The van der Waals surface area contributed by atoms with E-state index >= 15 is 0 Å². The summed E-state index contributed by atoms with van der Waals surface area (Å²) < 4.78 is 26.0. The number of primary amides is 1. The number of hydrogen-bond donors (Lipinski definition) is 2. The molecule has 37 heavy (non-hydrogen) atoms. The van der Waals surface area contributed by atoms with Gasteiger partial charge in [0.1, 0.15) is 11.9 Å². The molecule has 2 aromatic carbocycles. The minimum Gasteiger partial charge on any atom is -0.478 e. The van der Waals surface area contributed by atoms with Crippen LogP contribution in [-0.4, -0.2) is 42.1 Å². The number of carbonyl (C=O) groups excluding carboxylic acids is 1. The molecule has 2 aromatic heterocycles. The van der Waals surface area contributed by atoms with Crippen LogP contribution in [0.15, 0.2) is 53.3 Å². The molecule has 192 valence electrons. The van der Waals surface area contributed by atoms with E-state index in [1.54, 1.807) is 24.3 Å². The van der Waals surface area contributed by atoms with Crippen LogP contribution in [0.4, 0.5) is 20.7 Å². The fourth-order valence-electron chi connectivity index (χ4n) is 4.51. The quantitative estimate of drug-likeness (QED) is 0.305. The number of benzene rings is 2. The monoisotopic (exact) mass is 543 g/mol. The number of amides is 2. The molecule has 2 amide bonds. The zero-order valence-corrected chi connectivity index (χ0v) is 21.4. The molecule has 4 aromatic rings. The largest absolute Gasteiger partial charge is 0.478 e. The second kappa shape index (κ2) is 9.99. The normalized spacial score (nSPS) is 14.7. The first-order valence-corrected chi connectivity index (χ1v) is 12.4. The highest BCUT2D eigenvalue weighted by atomic mass is 35.5. The van der Waals surface area contributed by atoms with E-state index in [1.165, 1.54) is 12.1 Å². The van der Waals surface area contributed by atoms with Crippen LogP contribution in [0.3, 0.4) is 0 Å². The number of pyridine rings is 1. The molecule has 0 saturated carbocycles. The van der Waals surface area contributed by atoms with Crippen molar-refractivity contribution < 1.29 is 18.3 Å². The van der Waals surface area contributed by atoms with E-state index < -0.39 is 18.0 Å². The third-order valence-corrected chi connectivity index (χ3v) is 7.23. The highest BCUT2D eigenvalue weighted by Crippen LogP contribution is 2.41. The van der Waals surface area contributed by atoms with Crippen molar-refractivity contribution in [3.63, 3.8) is 0 Å². The van der Waals surface area contributed by atoms with Crippen LogP contribution in [0.25, 0.3) is 22.1 Å². The van der Waals surface area contributed by atoms with Gasteiger partial charge >= 0.3 is 6.03 Å². The lowest BCUT2D eigenvalue weighted by Gasteiger charge is -2.35. The molecule has 0 radical (unpaired) electrons. The molecule has 1 saturated heterocycles. The molecular formula is C26H24Cl2FN5O3. The van der Waals surface area contributed by atoms with Gasteiger partial charge in [0, 0.05) is 54.2 Å². The summed E-state index contributed by atoms with van der Waals surface area (Å²) in [6.07, 6.45) is 2.51. The van der Waals surface area contributed by atoms with Crippen molar-refractivity contribution in [1.82, 2.24) is 9.88 Å². The second-order valence-electron chi connectivity index (χ2n) is 8.74. The Kier molecular flexibility index (Phi) is 6.74. The van der Waals surface area contributed by atoms with Crippen LogP contribution in [0.5, 0.6) is 5.75 Å². The minimum absolute atomic E-state index is 0.116. The average molecular weight is 544 g/mol. The van der Waals surface area contributed by atoms with Gasteiger partial charge in [-0.2, -0.15) is 0 Å². The molecule has 5 rings (SSSR count). The number of rotatable bonds is 5. The number of nitrogen functional groups attached to an aromatic ring is 1. The van der Waals surface area contributed by atoms with E-state index in [1.807, 2.05) is 24.3 Å². The highest BCUT2D eigenvalue weighted by Gasteiger charge is 2.24. The van der Waals surface area contributed by atoms with Gasteiger partial charge in [-0.05, 0) is 36.8 Å². The van der Waals surface area contributed by atoms with Gasteiger partial charge in [0.15, 0.2) is 11.4 Å². The van der Waals surface area contributed by atoms with Gasteiger partial charge in [0.25, 0.3) is 0 Å². The maximum atomic E-state index is 14.1. The van der Waals surface area contributed by atoms with Gasteiger partial charge < -0.3 is 30.4 Å². The summed E-state index contributed by atoms with van der Waals surface area (Å²) in [6.45, 7) is 4.28. The SMILES string of the molecule is CC(Oc1c(N)ncc2c(-c3ccc(N4CCN(C(N)=O)CC4)cc3)coc12)c1c(Cl)ccc(F)c1Cl. The van der Waals surface area contributed by atoms with Crippen LogP contribution in [0.1, 0.15) is 18.6 Å². The summed E-state index contributed by atoms with van der Waals surface area (Å²) >= 11 is 12.4. The lowest BCUT2D eigenvalue weighted by atomic mass is 10.0. The summed E-state index contributed by atoms with van der Waals surface area (Å²) in [5.74, 6) is -0.259. The van der Waals surface area contributed by atoms with Crippen molar-refractivity contribution in [2.24, 2.45) is 5.73 Å². The summed E-state index contributed by atoms with van der Waals surface area (Å²) in [5, 5.41) is 0.861. The fraction of sp³-hybridized carbons (Fsp3) is 0.231. The molecule has 1 atom stereocenters. The number of aromatic nitrogens is 1. The third-order valence-electron chi connectivity index (χ3n) is 6.52. The van der Waals surface area contributed by atoms with Crippen LogP contribution in [0.2, 0.25) is 10.0 Å². The predicted octanol–water partition coefficient (Wildman–Crippen LogP) is 5.86. The summed E-state index contributed by atoms with van der Waals surface area (Å²) in [5.41, 5.74) is 15.0. The first-order valence-electron chi connectivity index (χ1n) is 11.6. The summed E-state index contributed by atoms with van der Waals surface area (Å²) in [7, 11) is 0. The van der Waals surface area contributed by atoms with E-state index in [9.17, 15) is 9.18 Å². The van der Waals surface area contributed by atoms with Crippen molar-refractivity contribution in [2.45, 2.75) is 13.0 Å². The molecule has 3 heterocycles. The van der Waals surface area contributed by atoms with Crippen molar-refractivity contribution in [3.05, 3.63) is 70.3 Å². The molecule has 0 aliphatic carbocycles. The summed E-state index contributed by atoms with van der Waals surface area (Å²) in [6, 6.07) is 10.3. The number of ether oxygens (including phenoxy) is 1. The van der Waals surface area contributed by atoms with Crippen molar-refractivity contribution >= 4 is 51.7 Å². The Balaban J connectivity index is 1.41. The Morgan fingerprint density at radius 3 is 2.51 bits per heavy atom. The Morgan fingerprint density at radius 1 is 1.14 bits per heavy atom. The van der Waals surface area contributed by atoms with Crippen LogP contribution >= 0.6 is 23.2 Å². The lowest BCUT2D eigenvalue weighted by molar-refractivity contribution is 0.204. The van der Waals surface area contributed by atoms with Crippen LogP contribution in [-0.2, 0) is 0 Å². The van der Waals surface area contributed by atoms with Gasteiger partial charge in [-0.15, -0.1) is 0 Å². The molecule has 1 fully saturated rings. The van der Waals surface area contributed by atoms with Crippen molar-refractivity contribution in [2.75, 3.05) is 36.8 Å². The standard InChI is InChI=1S/C26H24Cl2FN5O3/c1-14(21-19(27)6-7-20(29)22(21)28)37-24-23-17(12-32-25(24)30)18(13-36-23)15-2-4-16(5-3-15)33-8-10-34(11-9-33)26(31)35/h2-7,12-14H,8-11H2,1H3,(H2,30,32)(H2,31,35). The number of halogens is 3. The van der Waals surface area contributed by atoms with Gasteiger partial charge in [-0.1, -0.05) is 35.3 Å². The van der Waals surface area contributed by atoms with Crippen LogP contribution < -0.4 is 21.1 Å². The Morgan fingerprint density at radius 2 is 1.84 bits per heavy atom. The highest BCUT2D eigenvalue weighted by molar-refractivity contribution is 6.36. The molecule has 1 unspecified atom stereocenters. The molecule has 1 aliphatic rings. The molecule has 11 heteroatoms. The van der Waals surface area contributed by atoms with E-state index in [0.29, 0.717) is 42.7 Å². The second-order valence-corrected chi connectivity index (χ2v) is 9.53. The average Bonchev–Trinajstić information content (AvgIpc) is 3.33. The number of nitrogens with two attached hydrogens (primary N) is 2. The molecule has 1 aliphatic heterocycles. The molecular weight excluding hydrogens is 520 g/mol. The topological polar surface area (TPSA) is 111 Å². The number of furan rings is 1. The molecule has 8 nitrogen and oxygen atoms in total. The van der Waals surface area contributed by atoms with E-state index in [0.717, 1.165) is 16.8 Å². The van der Waals surface area contributed by atoms with Gasteiger partial charge in [0.05, 0.1) is 16.7 Å². The maximum Gasteiger partial charge on any atom is 0.314 e. The zero-order chi connectivity index (χ0) is 26.3. The van der Waals surface area contributed by atoms with Gasteiger partial charge in [-0.25, -0.2) is 14.2 Å². The van der Waals surface area contributed by atoms with Crippen molar-refractivity contribution in [3.8, 4) is 16.9 Å². The van der Waals surface area contributed by atoms with E-state index in [2.05, 4.69) is 9.88 Å². The smallest absolute Gasteiger partial charge is 0.314 e. The number of nitrogens with zero attached hydrogens (tertiary/aromatic N) is 3. The number of urea groups is 1. The Hall–Kier alpha value is -3.69. The maximum absolute atomic E-state index is 14.1. The predicted molar refractivity (Wildman–Crippen MR) is 143 cm³/mol. The zero-order valence-electron chi connectivity index (χ0n) is 19.9. The first kappa shape index (κ1) is 25.0. The first-order chi connectivity index (χ1) is 17.7. The Labute approximate surface area is 222 Å². The fourth-order valence-corrected chi connectivity index (χ4v) is 5.18. The number of fused-ring (bicyclic) bond motifs is 1. The lowest BCUT2D eigenvalue weighted by Crippen LogP contribution is -2.50.